The number of hydrogen-bond acceptors (Lipinski definition) is 2. The molecule has 3 heteroatoms. The Morgan fingerprint density at radius 2 is 1.95 bits per heavy atom. The van der Waals surface area contributed by atoms with Crippen LogP contribution in [-0.2, 0) is 5.41 Å². The van der Waals surface area contributed by atoms with Gasteiger partial charge in [-0.3, -0.25) is 0 Å². The smallest absolute Gasteiger partial charge is 0.117 e. The number of aromatic nitrogens is 2. The molecule has 0 radical (unpaired) electrons. The maximum atomic E-state index is 6.25. The first-order chi connectivity index (χ1) is 10.1. The van der Waals surface area contributed by atoms with Gasteiger partial charge in [-0.1, -0.05) is 19.1 Å². The molecule has 0 saturated heterocycles. The third-order valence-electron chi connectivity index (χ3n) is 5.21. The summed E-state index contributed by atoms with van der Waals surface area (Å²) >= 11 is 0. The van der Waals surface area contributed by atoms with Gasteiger partial charge in [-0.05, 0) is 57.6 Å². The van der Waals surface area contributed by atoms with Crippen molar-refractivity contribution in [2.75, 3.05) is 6.54 Å². The van der Waals surface area contributed by atoms with Gasteiger partial charge in [-0.15, -0.1) is 0 Å². The molecule has 1 saturated carbocycles. The zero-order valence-electron chi connectivity index (χ0n) is 13.5. The summed E-state index contributed by atoms with van der Waals surface area (Å²) in [5.74, 6) is 2.04. The third-order valence-corrected chi connectivity index (χ3v) is 5.21. The van der Waals surface area contributed by atoms with Gasteiger partial charge in [0.15, 0.2) is 0 Å². The Morgan fingerprint density at radius 1 is 1.29 bits per heavy atom. The molecule has 21 heavy (non-hydrogen) atoms. The molecule has 1 aromatic carbocycles. The van der Waals surface area contributed by atoms with Gasteiger partial charge < -0.3 is 10.3 Å². The SMILES string of the molecule is CC1CCC(CN)(c2nc3ccccc3n2C(C)C)CC1. The molecule has 3 nitrogen and oxygen atoms in total. The number of hydrogen-bond donors (Lipinski definition) is 1. The molecule has 114 valence electrons. The maximum Gasteiger partial charge on any atom is 0.117 e. The maximum absolute atomic E-state index is 6.25. The lowest BCUT2D eigenvalue weighted by atomic mass is 9.70. The Balaban J connectivity index is 2.16. The summed E-state index contributed by atoms with van der Waals surface area (Å²) in [5.41, 5.74) is 8.67. The van der Waals surface area contributed by atoms with E-state index in [9.17, 15) is 0 Å². The van der Waals surface area contributed by atoms with Gasteiger partial charge in [-0.2, -0.15) is 0 Å². The van der Waals surface area contributed by atoms with E-state index in [2.05, 4.69) is 49.6 Å². The highest BCUT2D eigenvalue weighted by Gasteiger charge is 2.39. The second-order valence-electron chi connectivity index (χ2n) is 7.05. The number of rotatable bonds is 3. The van der Waals surface area contributed by atoms with E-state index in [1.165, 1.54) is 37.0 Å². The average Bonchev–Trinajstić information content (AvgIpc) is 2.88. The Kier molecular flexibility index (Phi) is 3.78. The second-order valence-corrected chi connectivity index (χ2v) is 7.05. The van der Waals surface area contributed by atoms with Gasteiger partial charge in [0.05, 0.1) is 11.0 Å². The van der Waals surface area contributed by atoms with E-state index in [0.717, 1.165) is 11.4 Å². The molecule has 1 heterocycles. The van der Waals surface area contributed by atoms with Crippen molar-refractivity contribution in [3.63, 3.8) is 0 Å². The molecule has 0 amide bonds. The van der Waals surface area contributed by atoms with Crippen molar-refractivity contribution in [1.29, 1.82) is 0 Å². The first-order valence-electron chi connectivity index (χ1n) is 8.25. The van der Waals surface area contributed by atoms with Crippen LogP contribution < -0.4 is 5.73 Å². The molecular formula is C18H27N3. The Labute approximate surface area is 127 Å². The Morgan fingerprint density at radius 3 is 2.57 bits per heavy atom. The van der Waals surface area contributed by atoms with Gasteiger partial charge in [0, 0.05) is 18.0 Å². The molecule has 0 spiro atoms. The van der Waals surface area contributed by atoms with E-state index in [0.29, 0.717) is 12.6 Å². The minimum atomic E-state index is 0.0653. The molecule has 1 aromatic heterocycles. The summed E-state index contributed by atoms with van der Waals surface area (Å²) in [7, 11) is 0. The fraction of sp³-hybridized carbons (Fsp3) is 0.611. The van der Waals surface area contributed by atoms with E-state index in [1.54, 1.807) is 0 Å². The quantitative estimate of drug-likeness (QED) is 0.925. The monoisotopic (exact) mass is 285 g/mol. The van der Waals surface area contributed by atoms with E-state index >= 15 is 0 Å². The van der Waals surface area contributed by atoms with E-state index in [-0.39, 0.29) is 5.41 Å². The van der Waals surface area contributed by atoms with Crippen LogP contribution in [0.2, 0.25) is 0 Å². The number of nitrogens with two attached hydrogens (primary N) is 1. The largest absolute Gasteiger partial charge is 0.329 e. The van der Waals surface area contributed by atoms with E-state index < -0.39 is 0 Å². The number of fused-ring (bicyclic) bond motifs is 1. The Hall–Kier alpha value is -1.35. The van der Waals surface area contributed by atoms with Crippen LogP contribution in [0.5, 0.6) is 0 Å². The van der Waals surface area contributed by atoms with Gasteiger partial charge in [0.25, 0.3) is 0 Å². The molecule has 1 fully saturated rings. The zero-order valence-corrected chi connectivity index (χ0v) is 13.5. The predicted octanol–water partition coefficient (Wildman–Crippen LogP) is 4.02. The Bertz CT molecular complexity index is 618. The summed E-state index contributed by atoms with van der Waals surface area (Å²) in [5, 5.41) is 0. The van der Waals surface area contributed by atoms with Crippen LogP contribution in [0.4, 0.5) is 0 Å². The van der Waals surface area contributed by atoms with Crippen molar-refractivity contribution < 1.29 is 0 Å². The molecule has 2 N–H and O–H groups in total. The van der Waals surface area contributed by atoms with Crippen LogP contribution in [0.15, 0.2) is 24.3 Å². The molecule has 2 aromatic rings. The minimum absolute atomic E-state index is 0.0653. The molecule has 1 aliphatic carbocycles. The highest BCUT2D eigenvalue weighted by Crippen LogP contribution is 2.42. The van der Waals surface area contributed by atoms with Crippen LogP contribution in [0, 0.1) is 5.92 Å². The van der Waals surface area contributed by atoms with E-state index in [4.69, 9.17) is 10.7 Å². The summed E-state index contributed by atoms with van der Waals surface area (Å²) in [6, 6.07) is 8.89. The van der Waals surface area contributed by atoms with Crippen molar-refractivity contribution >= 4 is 11.0 Å². The van der Waals surface area contributed by atoms with Gasteiger partial charge in [0.2, 0.25) is 0 Å². The topological polar surface area (TPSA) is 43.8 Å². The molecule has 3 rings (SSSR count). The number of imidazole rings is 1. The van der Waals surface area contributed by atoms with Crippen molar-refractivity contribution in [3.8, 4) is 0 Å². The standard InChI is InChI=1S/C18H27N3/c1-13(2)21-16-7-5-4-6-15(16)20-17(21)18(12-19)10-8-14(3)9-11-18/h4-7,13-14H,8-12,19H2,1-3H3. The molecule has 0 atom stereocenters. The van der Waals surface area contributed by atoms with Gasteiger partial charge >= 0.3 is 0 Å². The normalized spacial score (nSPS) is 26.6. The fourth-order valence-electron chi connectivity index (χ4n) is 3.78. The van der Waals surface area contributed by atoms with Gasteiger partial charge in [-0.25, -0.2) is 4.98 Å². The highest BCUT2D eigenvalue weighted by molar-refractivity contribution is 5.76. The average molecular weight is 285 g/mol. The predicted molar refractivity (Wildman–Crippen MR) is 88.5 cm³/mol. The second kappa shape index (κ2) is 5.45. The molecule has 0 bridgehead atoms. The fourth-order valence-corrected chi connectivity index (χ4v) is 3.78. The van der Waals surface area contributed by atoms with Crippen LogP contribution in [-0.4, -0.2) is 16.1 Å². The lowest BCUT2D eigenvalue weighted by Crippen LogP contribution is -2.41. The van der Waals surface area contributed by atoms with Crippen molar-refractivity contribution in [2.24, 2.45) is 11.7 Å². The van der Waals surface area contributed by atoms with Gasteiger partial charge in [0.1, 0.15) is 5.82 Å². The van der Waals surface area contributed by atoms with Crippen LogP contribution in [0.25, 0.3) is 11.0 Å². The summed E-state index contributed by atoms with van der Waals surface area (Å²) in [4.78, 5) is 5.01. The number of para-hydroxylation sites is 2. The summed E-state index contributed by atoms with van der Waals surface area (Å²) in [6.45, 7) is 7.54. The molecule has 1 aliphatic rings. The van der Waals surface area contributed by atoms with Crippen molar-refractivity contribution in [2.45, 2.75) is 57.9 Å². The van der Waals surface area contributed by atoms with Crippen LogP contribution in [0.1, 0.15) is 58.3 Å². The minimum Gasteiger partial charge on any atom is -0.329 e. The first kappa shape index (κ1) is 14.6. The molecule has 0 aliphatic heterocycles. The van der Waals surface area contributed by atoms with E-state index in [1.807, 2.05) is 0 Å². The molecular weight excluding hydrogens is 258 g/mol. The van der Waals surface area contributed by atoms with Crippen molar-refractivity contribution in [1.82, 2.24) is 9.55 Å². The summed E-state index contributed by atoms with van der Waals surface area (Å²) < 4.78 is 2.41. The molecule has 0 unspecified atom stereocenters. The lowest BCUT2D eigenvalue weighted by molar-refractivity contribution is 0.229. The third kappa shape index (κ3) is 2.38. The van der Waals surface area contributed by atoms with Crippen LogP contribution in [0.3, 0.4) is 0 Å². The highest BCUT2D eigenvalue weighted by atomic mass is 15.1. The van der Waals surface area contributed by atoms with Crippen molar-refractivity contribution in [3.05, 3.63) is 30.1 Å². The van der Waals surface area contributed by atoms with Crippen LogP contribution >= 0.6 is 0 Å². The first-order valence-corrected chi connectivity index (χ1v) is 8.25. The number of nitrogens with zero attached hydrogens (tertiary/aromatic N) is 2. The summed E-state index contributed by atoms with van der Waals surface area (Å²) in [6.07, 6.45) is 4.86. The number of benzene rings is 1. The lowest BCUT2D eigenvalue weighted by Gasteiger charge is -2.38. The zero-order chi connectivity index (χ0) is 15.0.